The van der Waals surface area contributed by atoms with Gasteiger partial charge in [-0.2, -0.15) is 0 Å². The van der Waals surface area contributed by atoms with Gasteiger partial charge in [0, 0.05) is 41.4 Å². The zero-order valence-electron chi connectivity index (χ0n) is 18.5. The Morgan fingerprint density at radius 2 is 1.39 bits per heavy atom. The van der Waals surface area contributed by atoms with E-state index in [1.165, 1.54) is 0 Å². The Bertz CT molecular complexity index is 1120. The molecule has 6 nitrogen and oxygen atoms in total. The van der Waals surface area contributed by atoms with Crippen LogP contribution in [0.15, 0.2) is 78.9 Å². The largest absolute Gasteiger partial charge is 0.497 e. The molecule has 0 saturated carbocycles. The number of carbonyl (C=O) groups is 3. The van der Waals surface area contributed by atoms with E-state index in [0.717, 1.165) is 5.75 Å². The number of amides is 2. The van der Waals surface area contributed by atoms with Crippen LogP contribution in [-0.2, 0) is 0 Å². The first-order valence-corrected chi connectivity index (χ1v) is 11.0. The third-order valence-corrected chi connectivity index (χ3v) is 5.95. The molecule has 3 aromatic carbocycles. The summed E-state index contributed by atoms with van der Waals surface area (Å²) >= 11 is 0. The Morgan fingerprint density at radius 1 is 0.788 bits per heavy atom. The number of benzene rings is 3. The van der Waals surface area contributed by atoms with E-state index >= 15 is 0 Å². The smallest absolute Gasteiger partial charge is 0.255 e. The van der Waals surface area contributed by atoms with E-state index in [1.807, 2.05) is 18.2 Å². The number of rotatable bonds is 6. The highest BCUT2D eigenvalue weighted by Gasteiger charge is 2.28. The fourth-order valence-electron chi connectivity index (χ4n) is 4.01. The Kier molecular flexibility index (Phi) is 6.83. The quantitative estimate of drug-likeness (QED) is 0.563. The molecule has 3 aromatic rings. The van der Waals surface area contributed by atoms with Gasteiger partial charge in [-0.15, -0.1) is 0 Å². The summed E-state index contributed by atoms with van der Waals surface area (Å²) in [5.74, 6) is 0.489. The summed E-state index contributed by atoms with van der Waals surface area (Å²) < 4.78 is 5.15. The monoisotopic (exact) mass is 442 g/mol. The maximum absolute atomic E-state index is 12.9. The lowest BCUT2D eigenvalue weighted by molar-refractivity contribution is 0.0650. The van der Waals surface area contributed by atoms with Crippen LogP contribution in [0.2, 0.25) is 0 Å². The molecule has 2 amide bonds. The predicted octanol–water partition coefficient (Wildman–Crippen LogP) is 4.68. The molecule has 1 heterocycles. The van der Waals surface area contributed by atoms with Crippen molar-refractivity contribution < 1.29 is 19.1 Å². The molecular weight excluding hydrogens is 416 g/mol. The van der Waals surface area contributed by atoms with Gasteiger partial charge in [0.1, 0.15) is 5.75 Å². The second-order valence-corrected chi connectivity index (χ2v) is 8.06. The van der Waals surface area contributed by atoms with Crippen molar-refractivity contribution in [2.24, 2.45) is 5.92 Å². The Labute approximate surface area is 193 Å². The number of nitrogens with one attached hydrogen (secondary N) is 1. The lowest BCUT2D eigenvalue weighted by Crippen LogP contribution is -2.40. The molecule has 1 aliphatic heterocycles. The average molecular weight is 443 g/mol. The summed E-state index contributed by atoms with van der Waals surface area (Å²) in [6.07, 6.45) is 1.28. The molecule has 33 heavy (non-hydrogen) atoms. The minimum atomic E-state index is -0.196. The second kappa shape index (κ2) is 10.1. The van der Waals surface area contributed by atoms with Gasteiger partial charge in [0.15, 0.2) is 5.78 Å². The van der Waals surface area contributed by atoms with Gasteiger partial charge in [0.05, 0.1) is 7.11 Å². The van der Waals surface area contributed by atoms with Gasteiger partial charge in [-0.05, 0) is 73.5 Å². The number of methoxy groups -OCH3 is 1. The highest BCUT2D eigenvalue weighted by atomic mass is 16.5. The molecule has 1 N–H and O–H groups in total. The molecule has 1 saturated heterocycles. The van der Waals surface area contributed by atoms with Crippen molar-refractivity contribution in [3.05, 3.63) is 95.6 Å². The Morgan fingerprint density at radius 3 is 2.00 bits per heavy atom. The van der Waals surface area contributed by atoms with Crippen LogP contribution < -0.4 is 10.1 Å². The van der Waals surface area contributed by atoms with Crippen LogP contribution in [0.4, 0.5) is 5.69 Å². The molecule has 0 unspecified atom stereocenters. The molecule has 0 spiro atoms. The van der Waals surface area contributed by atoms with Crippen molar-refractivity contribution in [2.75, 3.05) is 25.5 Å². The van der Waals surface area contributed by atoms with Crippen LogP contribution in [0.1, 0.15) is 43.9 Å². The van der Waals surface area contributed by atoms with E-state index < -0.39 is 0 Å². The minimum Gasteiger partial charge on any atom is -0.497 e. The number of hydrogen-bond donors (Lipinski definition) is 1. The summed E-state index contributed by atoms with van der Waals surface area (Å²) in [5.41, 5.74) is 2.44. The molecule has 168 valence electrons. The normalized spacial score (nSPS) is 13.9. The zero-order chi connectivity index (χ0) is 23.2. The van der Waals surface area contributed by atoms with Crippen molar-refractivity contribution in [1.29, 1.82) is 0 Å². The summed E-state index contributed by atoms with van der Waals surface area (Å²) in [5, 5.41) is 2.84. The van der Waals surface area contributed by atoms with Gasteiger partial charge in [-0.25, -0.2) is 0 Å². The molecule has 4 rings (SSSR count). The van der Waals surface area contributed by atoms with E-state index in [-0.39, 0.29) is 23.5 Å². The second-order valence-electron chi connectivity index (χ2n) is 8.06. The van der Waals surface area contributed by atoms with Gasteiger partial charge in [-0.1, -0.05) is 18.2 Å². The highest BCUT2D eigenvalue weighted by molar-refractivity contribution is 6.04. The number of likely N-dealkylation sites (tertiary alicyclic amines) is 1. The van der Waals surface area contributed by atoms with Gasteiger partial charge < -0.3 is 15.0 Å². The lowest BCUT2D eigenvalue weighted by atomic mass is 9.88. The van der Waals surface area contributed by atoms with E-state index in [9.17, 15) is 14.4 Å². The third-order valence-electron chi connectivity index (χ3n) is 5.95. The van der Waals surface area contributed by atoms with Crippen LogP contribution in [0.5, 0.6) is 5.75 Å². The van der Waals surface area contributed by atoms with Crippen molar-refractivity contribution in [1.82, 2.24) is 4.90 Å². The number of anilines is 1. The van der Waals surface area contributed by atoms with Gasteiger partial charge >= 0.3 is 0 Å². The zero-order valence-corrected chi connectivity index (χ0v) is 18.5. The minimum absolute atomic E-state index is 0.0636. The number of hydrogen-bond acceptors (Lipinski definition) is 4. The van der Waals surface area contributed by atoms with E-state index in [4.69, 9.17) is 4.74 Å². The number of Topliss-reactive ketones (excluding diaryl/α,β-unsaturated/α-hetero) is 1. The van der Waals surface area contributed by atoms with E-state index in [2.05, 4.69) is 5.32 Å². The molecular formula is C27H26N2O4. The first-order chi connectivity index (χ1) is 16.0. The Hall–Kier alpha value is -3.93. The summed E-state index contributed by atoms with van der Waals surface area (Å²) in [7, 11) is 1.60. The molecule has 0 atom stereocenters. The number of carbonyl (C=O) groups excluding carboxylic acids is 3. The standard InChI is InChI=1S/C27H26N2O4/c1-33-24-13-9-19(10-14-24)25(30)20-15-17-29(18-16-20)27(32)22-7-11-23(12-8-22)28-26(31)21-5-3-2-4-6-21/h2-14,20H,15-18H2,1H3,(H,28,31). The first-order valence-electron chi connectivity index (χ1n) is 11.0. The van der Waals surface area contributed by atoms with Crippen LogP contribution >= 0.6 is 0 Å². The fourth-order valence-corrected chi connectivity index (χ4v) is 4.01. The molecule has 0 aliphatic carbocycles. The number of nitrogens with zero attached hydrogens (tertiary/aromatic N) is 1. The van der Waals surface area contributed by atoms with Crippen LogP contribution in [0.3, 0.4) is 0 Å². The lowest BCUT2D eigenvalue weighted by Gasteiger charge is -2.31. The Balaban J connectivity index is 1.31. The highest BCUT2D eigenvalue weighted by Crippen LogP contribution is 2.24. The van der Waals surface area contributed by atoms with Crippen LogP contribution in [0.25, 0.3) is 0 Å². The predicted molar refractivity (Wildman–Crippen MR) is 127 cm³/mol. The maximum atomic E-state index is 12.9. The molecule has 1 aliphatic rings. The van der Waals surface area contributed by atoms with Gasteiger partial charge in [-0.3, -0.25) is 14.4 Å². The average Bonchev–Trinajstić information content (AvgIpc) is 2.89. The maximum Gasteiger partial charge on any atom is 0.255 e. The SMILES string of the molecule is COc1ccc(C(=O)C2CCN(C(=O)c3ccc(NC(=O)c4ccccc4)cc3)CC2)cc1. The summed E-state index contributed by atoms with van der Waals surface area (Å²) in [6.45, 7) is 1.08. The topological polar surface area (TPSA) is 75.7 Å². The molecule has 0 bridgehead atoms. The van der Waals surface area contributed by atoms with Crippen molar-refractivity contribution in [2.45, 2.75) is 12.8 Å². The third kappa shape index (κ3) is 5.29. The molecule has 1 fully saturated rings. The number of ketones is 1. The number of ether oxygens (including phenoxy) is 1. The van der Waals surface area contributed by atoms with Crippen molar-refractivity contribution in [3.8, 4) is 5.75 Å². The van der Waals surface area contributed by atoms with Crippen molar-refractivity contribution in [3.63, 3.8) is 0 Å². The van der Waals surface area contributed by atoms with Crippen LogP contribution in [0, 0.1) is 5.92 Å². The number of piperidine rings is 1. The fraction of sp³-hybridized carbons (Fsp3) is 0.222. The van der Waals surface area contributed by atoms with Gasteiger partial charge in [0.2, 0.25) is 0 Å². The van der Waals surface area contributed by atoms with Crippen molar-refractivity contribution >= 4 is 23.3 Å². The first kappa shape index (κ1) is 22.3. The van der Waals surface area contributed by atoms with E-state index in [1.54, 1.807) is 72.7 Å². The summed E-state index contributed by atoms with van der Waals surface area (Å²) in [4.78, 5) is 39.8. The molecule has 0 radical (unpaired) electrons. The van der Waals surface area contributed by atoms with Crippen LogP contribution in [-0.4, -0.2) is 42.7 Å². The summed E-state index contributed by atoms with van der Waals surface area (Å²) in [6, 6.07) is 23.0. The van der Waals surface area contributed by atoms with Gasteiger partial charge in [0.25, 0.3) is 11.8 Å². The van der Waals surface area contributed by atoms with E-state index in [0.29, 0.717) is 48.3 Å². The molecule has 6 heteroatoms. The molecule has 0 aromatic heterocycles.